The molecule has 0 aliphatic carbocycles. The van der Waals surface area contributed by atoms with Crippen LogP contribution in [0.2, 0.25) is 0 Å². The molecule has 0 aromatic heterocycles. The Morgan fingerprint density at radius 3 is 2.30 bits per heavy atom. The molecule has 1 aliphatic rings. The third-order valence-corrected chi connectivity index (χ3v) is 2.36. The lowest BCUT2D eigenvalue weighted by Gasteiger charge is -2.32. The smallest absolute Gasteiger partial charge is 0.0966 e. The van der Waals surface area contributed by atoms with E-state index in [2.05, 4.69) is 12.2 Å². The van der Waals surface area contributed by atoms with Crippen LogP contribution in [0.25, 0.3) is 0 Å². The molecule has 1 saturated heterocycles. The van der Waals surface area contributed by atoms with Crippen molar-refractivity contribution >= 4 is 5.84 Å². The summed E-state index contributed by atoms with van der Waals surface area (Å²) in [5, 5.41) is 10.6. The van der Waals surface area contributed by atoms with Crippen molar-refractivity contribution < 1.29 is 0 Å². The SMILES string of the molecule is CC1(C(=N)N)CCNCC1. The van der Waals surface area contributed by atoms with Crippen LogP contribution in [0.4, 0.5) is 0 Å². The molecular formula is C7H15N3. The summed E-state index contributed by atoms with van der Waals surface area (Å²) in [7, 11) is 0. The van der Waals surface area contributed by atoms with Gasteiger partial charge in [0.1, 0.15) is 0 Å². The minimum Gasteiger partial charge on any atom is -0.387 e. The quantitative estimate of drug-likeness (QED) is 0.363. The van der Waals surface area contributed by atoms with E-state index in [4.69, 9.17) is 11.1 Å². The molecule has 3 nitrogen and oxygen atoms in total. The molecule has 0 amide bonds. The van der Waals surface area contributed by atoms with Gasteiger partial charge in [-0.25, -0.2) is 0 Å². The fourth-order valence-corrected chi connectivity index (χ4v) is 1.25. The Labute approximate surface area is 61.5 Å². The Hall–Kier alpha value is -0.570. The van der Waals surface area contributed by atoms with Crippen molar-refractivity contribution in [3.63, 3.8) is 0 Å². The maximum Gasteiger partial charge on any atom is 0.0966 e. The topological polar surface area (TPSA) is 61.9 Å². The molecular weight excluding hydrogens is 126 g/mol. The molecule has 3 heteroatoms. The predicted molar refractivity (Wildman–Crippen MR) is 42.1 cm³/mol. The van der Waals surface area contributed by atoms with E-state index < -0.39 is 0 Å². The highest BCUT2D eigenvalue weighted by molar-refractivity contribution is 5.83. The normalized spacial score (nSPS) is 24.1. The molecule has 1 aliphatic heterocycles. The lowest BCUT2D eigenvalue weighted by Crippen LogP contribution is -2.43. The number of nitrogens with two attached hydrogens (primary N) is 1. The molecule has 4 N–H and O–H groups in total. The Morgan fingerprint density at radius 1 is 1.50 bits per heavy atom. The molecule has 1 rings (SSSR count). The fourth-order valence-electron chi connectivity index (χ4n) is 1.25. The first-order valence-corrected chi connectivity index (χ1v) is 3.70. The van der Waals surface area contributed by atoms with E-state index in [1.54, 1.807) is 0 Å². The molecule has 0 unspecified atom stereocenters. The fraction of sp³-hybridized carbons (Fsp3) is 0.857. The van der Waals surface area contributed by atoms with Crippen molar-refractivity contribution in [3.8, 4) is 0 Å². The summed E-state index contributed by atoms with van der Waals surface area (Å²) in [4.78, 5) is 0. The van der Waals surface area contributed by atoms with E-state index in [-0.39, 0.29) is 5.41 Å². The van der Waals surface area contributed by atoms with Gasteiger partial charge in [0.2, 0.25) is 0 Å². The van der Waals surface area contributed by atoms with Crippen LogP contribution in [0.1, 0.15) is 19.8 Å². The van der Waals surface area contributed by atoms with Crippen molar-refractivity contribution in [2.24, 2.45) is 11.1 Å². The van der Waals surface area contributed by atoms with E-state index >= 15 is 0 Å². The standard InChI is InChI=1S/C7H15N3/c1-7(6(8)9)2-4-10-5-3-7/h10H,2-5H2,1H3,(H3,8,9). The zero-order chi connectivity index (χ0) is 7.61. The van der Waals surface area contributed by atoms with Crippen molar-refractivity contribution in [3.05, 3.63) is 0 Å². The molecule has 1 heterocycles. The van der Waals surface area contributed by atoms with Gasteiger partial charge in [0.15, 0.2) is 0 Å². The Morgan fingerprint density at radius 2 is 2.00 bits per heavy atom. The van der Waals surface area contributed by atoms with Crippen LogP contribution in [0.15, 0.2) is 0 Å². The molecule has 1 fully saturated rings. The summed E-state index contributed by atoms with van der Waals surface area (Å²) >= 11 is 0. The van der Waals surface area contributed by atoms with Gasteiger partial charge in [-0.15, -0.1) is 0 Å². The first-order chi connectivity index (χ1) is 4.65. The molecule has 0 aromatic carbocycles. The number of piperidine rings is 1. The van der Waals surface area contributed by atoms with Crippen molar-refractivity contribution in [1.29, 1.82) is 5.41 Å². The summed E-state index contributed by atoms with van der Waals surface area (Å²) in [6.07, 6.45) is 2.00. The third kappa shape index (κ3) is 1.29. The zero-order valence-corrected chi connectivity index (χ0v) is 6.41. The molecule has 0 atom stereocenters. The van der Waals surface area contributed by atoms with Crippen LogP contribution < -0.4 is 11.1 Å². The van der Waals surface area contributed by atoms with Crippen LogP contribution in [0.3, 0.4) is 0 Å². The van der Waals surface area contributed by atoms with E-state index in [1.807, 2.05) is 0 Å². The van der Waals surface area contributed by atoms with Crippen molar-refractivity contribution in [2.45, 2.75) is 19.8 Å². The number of hydrogen-bond donors (Lipinski definition) is 3. The highest BCUT2D eigenvalue weighted by Gasteiger charge is 2.29. The number of hydrogen-bond acceptors (Lipinski definition) is 2. The minimum atomic E-state index is -0.0226. The molecule has 0 spiro atoms. The second kappa shape index (κ2) is 2.58. The third-order valence-electron chi connectivity index (χ3n) is 2.36. The average Bonchev–Trinajstić information content (AvgIpc) is 1.89. The molecule has 0 aromatic rings. The van der Waals surface area contributed by atoms with Crippen LogP contribution in [-0.4, -0.2) is 18.9 Å². The maximum atomic E-state index is 7.34. The van der Waals surface area contributed by atoms with Crippen molar-refractivity contribution in [2.75, 3.05) is 13.1 Å². The number of nitrogens with one attached hydrogen (secondary N) is 2. The molecule has 0 saturated carbocycles. The van der Waals surface area contributed by atoms with E-state index in [0.29, 0.717) is 5.84 Å². The zero-order valence-electron chi connectivity index (χ0n) is 6.41. The molecule has 10 heavy (non-hydrogen) atoms. The maximum absolute atomic E-state index is 7.34. The Balaban J connectivity index is 2.56. The first-order valence-electron chi connectivity index (χ1n) is 3.70. The summed E-state index contributed by atoms with van der Waals surface area (Å²) < 4.78 is 0. The average molecular weight is 141 g/mol. The van der Waals surface area contributed by atoms with Crippen LogP contribution in [0.5, 0.6) is 0 Å². The van der Waals surface area contributed by atoms with Crippen LogP contribution >= 0.6 is 0 Å². The van der Waals surface area contributed by atoms with Gasteiger partial charge in [-0.3, -0.25) is 5.41 Å². The summed E-state index contributed by atoms with van der Waals surface area (Å²) in [6.45, 7) is 4.06. The van der Waals surface area contributed by atoms with Gasteiger partial charge in [-0.2, -0.15) is 0 Å². The van der Waals surface area contributed by atoms with Gasteiger partial charge < -0.3 is 11.1 Å². The second-order valence-electron chi connectivity index (χ2n) is 3.22. The highest BCUT2D eigenvalue weighted by atomic mass is 14.9. The largest absolute Gasteiger partial charge is 0.387 e. The summed E-state index contributed by atoms with van der Waals surface area (Å²) in [5.41, 5.74) is 5.43. The van der Waals surface area contributed by atoms with Gasteiger partial charge in [0, 0.05) is 5.41 Å². The molecule has 0 bridgehead atoms. The Kier molecular flexibility index (Phi) is 1.94. The number of rotatable bonds is 1. The number of amidine groups is 1. The van der Waals surface area contributed by atoms with Crippen molar-refractivity contribution in [1.82, 2.24) is 5.32 Å². The monoisotopic (exact) mass is 141 g/mol. The Bertz CT molecular complexity index is 136. The van der Waals surface area contributed by atoms with E-state index in [1.165, 1.54) is 0 Å². The van der Waals surface area contributed by atoms with Crippen LogP contribution in [-0.2, 0) is 0 Å². The van der Waals surface area contributed by atoms with Gasteiger partial charge in [0.05, 0.1) is 5.84 Å². The van der Waals surface area contributed by atoms with Gasteiger partial charge >= 0.3 is 0 Å². The van der Waals surface area contributed by atoms with Gasteiger partial charge in [0.25, 0.3) is 0 Å². The first kappa shape index (κ1) is 7.54. The lowest BCUT2D eigenvalue weighted by atomic mass is 9.80. The lowest BCUT2D eigenvalue weighted by molar-refractivity contribution is 0.324. The van der Waals surface area contributed by atoms with Gasteiger partial charge in [-0.1, -0.05) is 6.92 Å². The van der Waals surface area contributed by atoms with Gasteiger partial charge in [-0.05, 0) is 25.9 Å². The highest BCUT2D eigenvalue weighted by Crippen LogP contribution is 2.26. The van der Waals surface area contributed by atoms with E-state index in [0.717, 1.165) is 25.9 Å². The molecule has 58 valence electrons. The second-order valence-corrected chi connectivity index (χ2v) is 3.22. The predicted octanol–water partition coefficient (Wildman–Crippen LogP) is 0.312. The van der Waals surface area contributed by atoms with E-state index in [9.17, 15) is 0 Å². The minimum absolute atomic E-state index is 0.0226. The van der Waals surface area contributed by atoms with Crippen LogP contribution in [0, 0.1) is 10.8 Å². The molecule has 0 radical (unpaired) electrons. The summed E-state index contributed by atoms with van der Waals surface area (Å²) in [5.74, 6) is 0.342. The summed E-state index contributed by atoms with van der Waals surface area (Å²) in [6, 6.07) is 0.